The molecule has 0 saturated carbocycles. The highest BCUT2D eigenvalue weighted by molar-refractivity contribution is 7.80. The topological polar surface area (TPSA) is 59.0 Å². The highest BCUT2D eigenvalue weighted by Gasteiger charge is 2.02. The summed E-state index contributed by atoms with van der Waals surface area (Å²) in [5.74, 6) is 0.723. The van der Waals surface area contributed by atoms with Crippen molar-refractivity contribution < 1.29 is 4.79 Å². The zero-order valence-electron chi connectivity index (χ0n) is 10.7. The van der Waals surface area contributed by atoms with Crippen molar-refractivity contribution in [1.29, 1.82) is 0 Å². The van der Waals surface area contributed by atoms with Crippen LogP contribution in [0, 0.1) is 0 Å². The maximum absolute atomic E-state index is 11.2. The quantitative estimate of drug-likeness (QED) is 0.665. The van der Waals surface area contributed by atoms with E-state index in [4.69, 9.17) is 12.2 Å². The largest absolute Gasteiger partial charge is 0.332 e. The van der Waals surface area contributed by atoms with Gasteiger partial charge in [0.2, 0.25) is 0 Å². The van der Waals surface area contributed by atoms with Crippen LogP contribution in [0.3, 0.4) is 0 Å². The molecule has 0 amide bonds. The molecule has 0 unspecified atom stereocenters. The van der Waals surface area contributed by atoms with Gasteiger partial charge in [-0.3, -0.25) is 9.48 Å². The van der Waals surface area contributed by atoms with Crippen LogP contribution in [0.5, 0.6) is 0 Å². The van der Waals surface area contributed by atoms with E-state index in [1.165, 1.54) is 6.92 Å². The van der Waals surface area contributed by atoms with Gasteiger partial charge in [0.1, 0.15) is 0 Å². The molecule has 0 fully saturated rings. The van der Waals surface area contributed by atoms with Gasteiger partial charge in [0.05, 0.1) is 0 Å². The number of hydrogen-bond acceptors (Lipinski definition) is 3. The van der Waals surface area contributed by atoms with Gasteiger partial charge in [-0.15, -0.1) is 0 Å². The summed E-state index contributed by atoms with van der Waals surface area (Å²) in [6, 6.07) is 8.96. The van der Waals surface area contributed by atoms with Gasteiger partial charge in [-0.1, -0.05) is 0 Å². The fourth-order valence-electron chi connectivity index (χ4n) is 1.55. The first-order valence-electron chi connectivity index (χ1n) is 5.73. The molecule has 0 aliphatic carbocycles. The summed E-state index contributed by atoms with van der Waals surface area (Å²) in [6.45, 7) is 1.54. The molecule has 1 aromatic carbocycles. The lowest BCUT2D eigenvalue weighted by Gasteiger charge is -2.08. The Morgan fingerprint density at radius 1 is 1.21 bits per heavy atom. The average molecular weight is 274 g/mol. The number of rotatable bonds is 3. The summed E-state index contributed by atoms with van der Waals surface area (Å²) in [7, 11) is 1.84. The van der Waals surface area contributed by atoms with E-state index in [2.05, 4.69) is 15.7 Å². The standard InChI is InChI=1S/C13H14N4OS/c1-9(18)10-3-5-11(6-4-10)14-13(19)15-12-7-8-17(2)16-12/h3-8H,1-2H3,(H2,14,15,16,19). The van der Waals surface area contributed by atoms with Crippen molar-refractivity contribution in [1.82, 2.24) is 9.78 Å². The lowest BCUT2D eigenvalue weighted by molar-refractivity contribution is 0.101. The van der Waals surface area contributed by atoms with Crippen molar-refractivity contribution >= 4 is 34.6 Å². The Labute approximate surface area is 116 Å². The van der Waals surface area contributed by atoms with E-state index in [1.807, 2.05) is 31.4 Å². The zero-order chi connectivity index (χ0) is 13.8. The van der Waals surface area contributed by atoms with E-state index in [9.17, 15) is 4.79 Å². The highest BCUT2D eigenvalue weighted by atomic mass is 32.1. The summed E-state index contributed by atoms with van der Waals surface area (Å²) < 4.78 is 1.69. The molecule has 2 N–H and O–H groups in total. The summed E-state index contributed by atoms with van der Waals surface area (Å²) >= 11 is 5.17. The molecule has 0 saturated heterocycles. The van der Waals surface area contributed by atoms with Gasteiger partial charge in [0.25, 0.3) is 0 Å². The number of benzene rings is 1. The molecule has 2 aromatic rings. The molecule has 2 rings (SSSR count). The monoisotopic (exact) mass is 274 g/mol. The van der Waals surface area contributed by atoms with E-state index in [0.29, 0.717) is 16.5 Å². The Balaban J connectivity index is 1.97. The third-order valence-electron chi connectivity index (χ3n) is 2.50. The zero-order valence-corrected chi connectivity index (χ0v) is 11.5. The van der Waals surface area contributed by atoms with Crippen molar-refractivity contribution in [2.75, 3.05) is 10.6 Å². The average Bonchev–Trinajstić information content (AvgIpc) is 2.75. The molecule has 6 heteroatoms. The van der Waals surface area contributed by atoms with Crippen LogP contribution in [0.2, 0.25) is 0 Å². The number of Topliss-reactive ketones (excluding diaryl/α,β-unsaturated/α-hetero) is 1. The first kappa shape index (κ1) is 13.2. The van der Waals surface area contributed by atoms with Crippen molar-refractivity contribution in [3.05, 3.63) is 42.1 Å². The predicted molar refractivity (Wildman–Crippen MR) is 79.5 cm³/mol. The molecule has 0 spiro atoms. The molecule has 0 atom stereocenters. The molecule has 19 heavy (non-hydrogen) atoms. The van der Waals surface area contributed by atoms with Gasteiger partial charge < -0.3 is 10.6 Å². The van der Waals surface area contributed by atoms with Gasteiger partial charge in [0.15, 0.2) is 16.7 Å². The number of aryl methyl sites for hydroxylation is 1. The van der Waals surface area contributed by atoms with Crippen molar-refractivity contribution in [3.8, 4) is 0 Å². The van der Waals surface area contributed by atoms with E-state index in [0.717, 1.165) is 5.69 Å². The van der Waals surface area contributed by atoms with Crippen LogP contribution in [0.1, 0.15) is 17.3 Å². The molecule has 0 aliphatic rings. The number of carbonyl (C=O) groups is 1. The van der Waals surface area contributed by atoms with Crippen molar-refractivity contribution in [3.63, 3.8) is 0 Å². The van der Waals surface area contributed by atoms with E-state index in [1.54, 1.807) is 16.8 Å². The maximum Gasteiger partial charge on any atom is 0.176 e. The molecule has 0 bridgehead atoms. The fourth-order valence-corrected chi connectivity index (χ4v) is 1.77. The van der Waals surface area contributed by atoms with Crippen molar-refractivity contribution in [2.24, 2.45) is 7.05 Å². The number of anilines is 2. The Hall–Kier alpha value is -2.21. The molecule has 98 valence electrons. The molecule has 0 aliphatic heterocycles. The second-order valence-corrected chi connectivity index (χ2v) is 4.50. The summed E-state index contributed by atoms with van der Waals surface area (Å²) in [5, 5.41) is 10.6. The normalized spacial score (nSPS) is 10.0. The highest BCUT2D eigenvalue weighted by Crippen LogP contribution is 2.11. The van der Waals surface area contributed by atoms with E-state index < -0.39 is 0 Å². The Morgan fingerprint density at radius 3 is 2.42 bits per heavy atom. The second-order valence-electron chi connectivity index (χ2n) is 4.09. The molecule has 1 heterocycles. The first-order valence-corrected chi connectivity index (χ1v) is 6.14. The van der Waals surface area contributed by atoms with Gasteiger partial charge in [-0.2, -0.15) is 5.10 Å². The summed E-state index contributed by atoms with van der Waals surface area (Å²) in [4.78, 5) is 11.2. The smallest absolute Gasteiger partial charge is 0.176 e. The summed E-state index contributed by atoms with van der Waals surface area (Å²) in [6.07, 6.45) is 1.83. The number of ketones is 1. The number of aromatic nitrogens is 2. The predicted octanol–water partition coefficient (Wildman–Crippen LogP) is 2.43. The molecular formula is C13H14N4OS. The minimum Gasteiger partial charge on any atom is -0.332 e. The SMILES string of the molecule is CC(=O)c1ccc(NC(=S)Nc2ccn(C)n2)cc1. The number of carbonyl (C=O) groups excluding carboxylic acids is 1. The third kappa shape index (κ3) is 3.62. The molecule has 1 aromatic heterocycles. The number of thiocarbonyl (C=S) groups is 1. The van der Waals surface area contributed by atoms with Gasteiger partial charge in [-0.05, 0) is 43.4 Å². The molecule has 5 nitrogen and oxygen atoms in total. The lowest BCUT2D eigenvalue weighted by Crippen LogP contribution is -2.19. The number of nitrogens with zero attached hydrogens (tertiary/aromatic N) is 2. The third-order valence-corrected chi connectivity index (χ3v) is 2.71. The van der Waals surface area contributed by atoms with Gasteiger partial charge >= 0.3 is 0 Å². The van der Waals surface area contributed by atoms with Crippen LogP contribution < -0.4 is 10.6 Å². The Morgan fingerprint density at radius 2 is 1.89 bits per heavy atom. The van der Waals surface area contributed by atoms with Gasteiger partial charge in [0, 0.05) is 30.6 Å². The van der Waals surface area contributed by atoms with Crippen LogP contribution in [0.15, 0.2) is 36.5 Å². The maximum atomic E-state index is 11.2. The van der Waals surface area contributed by atoms with Crippen LogP contribution in [0.25, 0.3) is 0 Å². The minimum atomic E-state index is 0.0423. The first-order chi connectivity index (χ1) is 9.04. The van der Waals surface area contributed by atoms with Crippen molar-refractivity contribution in [2.45, 2.75) is 6.92 Å². The molecular weight excluding hydrogens is 260 g/mol. The lowest BCUT2D eigenvalue weighted by atomic mass is 10.1. The minimum absolute atomic E-state index is 0.0423. The Bertz CT molecular complexity index is 603. The number of nitrogens with one attached hydrogen (secondary N) is 2. The van der Waals surface area contributed by atoms with Crippen LogP contribution in [-0.2, 0) is 7.05 Å². The Kier molecular flexibility index (Phi) is 3.91. The van der Waals surface area contributed by atoms with Crippen LogP contribution in [0.4, 0.5) is 11.5 Å². The van der Waals surface area contributed by atoms with Crippen LogP contribution >= 0.6 is 12.2 Å². The van der Waals surface area contributed by atoms with Crippen LogP contribution in [-0.4, -0.2) is 20.7 Å². The van der Waals surface area contributed by atoms with E-state index >= 15 is 0 Å². The second kappa shape index (κ2) is 5.62. The van der Waals surface area contributed by atoms with E-state index in [-0.39, 0.29) is 5.78 Å². The van der Waals surface area contributed by atoms with Gasteiger partial charge in [-0.25, -0.2) is 0 Å². The number of hydrogen-bond donors (Lipinski definition) is 2. The fraction of sp³-hybridized carbons (Fsp3) is 0.154. The summed E-state index contributed by atoms with van der Waals surface area (Å²) in [5.41, 5.74) is 1.49. The molecule has 0 radical (unpaired) electrons.